The Labute approximate surface area is 86.1 Å². The molecule has 0 radical (unpaired) electrons. The monoisotopic (exact) mass is 190 g/mol. The van der Waals surface area contributed by atoms with Gasteiger partial charge in [0.15, 0.2) is 0 Å². The molecule has 1 saturated heterocycles. The van der Waals surface area contributed by atoms with E-state index in [1.807, 2.05) is 0 Å². The van der Waals surface area contributed by atoms with E-state index in [9.17, 15) is 0 Å². The number of rotatable bonds is 3. The Balaban J connectivity index is 2.02. The highest BCUT2D eigenvalue weighted by atomic mass is 16.5. The lowest BCUT2D eigenvalue weighted by atomic mass is 9.98. The zero-order chi connectivity index (χ0) is 9.97. The molecule has 1 fully saturated rings. The van der Waals surface area contributed by atoms with Crippen molar-refractivity contribution >= 4 is 0 Å². The van der Waals surface area contributed by atoms with Crippen LogP contribution in [0, 0.1) is 5.92 Å². The Hall–Kier alpha value is -0.820. The number of hydrogen-bond acceptors (Lipinski definition) is 1. The Kier molecular flexibility index (Phi) is 2.87. The second-order valence-electron chi connectivity index (χ2n) is 4.49. The van der Waals surface area contributed by atoms with Crippen LogP contribution in [0.15, 0.2) is 24.3 Å². The number of ether oxygens (including phenoxy) is 1. The molecule has 14 heavy (non-hydrogen) atoms. The minimum absolute atomic E-state index is 0.378. The molecule has 1 heterocycles. The van der Waals surface area contributed by atoms with E-state index >= 15 is 0 Å². The first-order valence-electron chi connectivity index (χ1n) is 5.46. The van der Waals surface area contributed by atoms with Crippen molar-refractivity contribution in [2.45, 2.75) is 32.8 Å². The van der Waals surface area contributed by atoms with E-state index in [1.54, 1.807) is 0 Å². The molecule has 0 amide bonds. The fraction of sp³-hybridized carbons (Fsp3) is 0.538. The smallest absolute Gasteiger partial charge is 0.0846 e. The third-order valence-electron chi connectivity index (χ3n) is 2.69. The maximum atomic E-state index is 5.44. The van der Waals surface area contributed by atoms with Gasteiger partial charge >= 0.3 is 0 Å². The van der Waals surface area contributed by atoms with Crippen molar-refractivity contribution in [3.63, 3.8) is 0 Å². The second kappa shape index (κ2) is 4.14. The average Bonchev–Trinajstić information content (AvgIpc) is 2.04. The summed E-state index contributed by atoms with van der Waals surface area (Å²) in [6.07, 6.45) is 2.73. The Morgan fingerprint density at radius 1 is 1.29 bits per heavy atom. The standard InChI is InChI=1S/C13H18O/c1-10(2)9-11-3-5-12(6-4-11)13-7-8-14-13/h3-6,10,13H,7-9H2,1-2H3. The molecule has 1 unspecified atom stereocenters. The lowest BCUT2D eigenvalue weighted by Crippen LogP contribution is -2.18. The van der Waals surface area contributed by atoms with Gasteiger partial charge in [-0.2, -0.15) is 0 Å². The first-order chi connectivity index (χ1) is 6.75. The van der Waals surface area contributed by atoms with Gasteiger partial charge in [-0.1, -0.05) is 38.1 Å². The summed E-state index contributed by atoms with van der Waals surface area (Å²) >= 11 is 0. The minimum atomic E-state index is 0.378. The molecule has 1 aromatic carbocycles. The predicted molar refractivity (Wildman–Crippen MR) is 58.3 cm³/mol. The fourth-order valence-corrected chi connectivity index (χ4v) is 1.84. The molecule has 1 aromatic rings. The zero-order valence-electron chi connectivity index (χ0n) is 8.99. The van der Waals surface area contributed by atoms with Crippen LogP contribution >= 0.6 is 0 Å². The maximum Gasteiger partial charge on any atom is 0.0846 e. The van der Waals surface area contributed by atoms with Crippen LogP contribution in [0.25, 0.3) is 0 Å². The van der Waals surface area contributed by atoms with Crippen LogP contribution in [0.2, 0.25) is 0 Å². The molecule has 1 nitrogen and oxygen atoms in total. The first-order valence-corrected chi connectivity index (χ1v) is 5.46. The molecule has 1 aliphatic rings. The van der Waals surface area contributed by atoms with Gasteiger partial charge in [-0.3, -0.25) is 0 Å². The minimum Gasteiger partial charge on any atom is -0.373 e. The van der Waals surface area contributed by atoms with Gasteiger partial charge in [-0.15, -0.1) is 0 Å². The van der Waals surface area contributed by atoms with Crippen LogP contribution in [-0.2, 0) is 11.2 Å². The van der Waals surface area contributed by atoms with Gasteiger partial charge in [0.1, 0.15) is 0 Å². The molecule has 0 N–H and O–H groups in total. The SMILES string of the molecule is CC(C)Cc1ccc(C2CCO2)cc1. The summed E-state index contributed by atoms with van der Waals surface area (Å²) in [5.74, 6) is 0.737. The van der Waals surface area contributed by atoms with E-state index in [2.05, 4.69) is 38.1 Å². The molecule has 76 valence electrons. The number of benzene rings is 1. The summed E-state index contributed by atoms with van der Waals surface area (Å²) in [6.45, 7) is 5.43. The summed E-state index contributed by atoms with van der Waals surface area (Å²) in [5, 5.41) is 0. The Morgan fingerprint density at radius 3 is 2.36 bits per heavy atom. The van der Waals surface area contributed by atoms with Gasteiger partial charge in [0.05, 0.1) is 12.7 Å². The molecule has 1 heteroatoms. The quantitative estimate of drug-likeness (QED) is 0.710. The highest BCUT2D eigenvalue weighted by molar-refractivity contribution is 5.25. The molecule has 0 aliphatic carbocycles. The molecule has 0 bridgehead atoms. The lowest BCUT2D eigenvalue weighted by molar-refractivity contribution is -0.0527. The summed E-state index contributed by atoms with van der Waals surface area (Å²) in [6, 6.07) is 8.89. The summed E-state index contributed by atoms with van der Waals surface area (Å²) in [4.78, 5) is 0. The first kappa shape index (κ1) is 9.72. The van der Waals surface area contributed by atoms with Crippen molar-refractivity contribution in [3.05, 3.63) is 35.4 Å². The van der Waals surface area contributed by atoms with Crippen molar-refractivity contribution in [2.24, 2.45) is 5.92 Å². The lowest BCUT2D eigenvalue weighted by Gasteiger charge is -2.26. The second-order valence-corrected chi connectivity index (χ2v) is 4.49. The van der Waals surface area contributed by atoms with Gasteiger partial charge < -0.3 is 4.74 Å². The van der Waals surface area contributed by atoms with E-state index in [4.69, 9.17) is 4.74 Å². The van der Waals surface area contributed by atoms with Gasteiger partial charge in [0.25, 0.3) is 0 Å². The van der Waals surface area contributed by atoms with Gasteiger partial charge in [-0.05, 0) is 23.5 Å². The fourth-order valence-electron chi connectivity index (χ4n) is 1.84. The van der Waals surface area contributed by atoms with Crippen LogP contribution in [0.5, 0.6) is 0 Å². The van der Waals surface area contributed by atoms with Crippen molar-refractivity contribution < 1.29 is 4.74 Å². The highest BCUT2D eigenvalue weighted by Crippen LogP contribution is 2.29. The van der Waals surface area contributed by atoms with Gasteiger partial charge in [-0.25, -0.2) is 0 Å². The molecular formula is C13H18O. The molecule has 0 aromatic heterocycles. The summed E-state index contributed by atoms with van der Waals surface area (Å²) < 4.78 is 5.44. The van der Waals surface area contributed by atoms with Gasteiger partial charge in [0, 0.05) is 6.42 Å². The van der Waals surface area contributed by atoms with Crippen LogP contribution in [0.3, 0.4) is 0 Å². The highest BCUT2D eigenvalue weighted by Gasteiger charge is 2.19. The third kappa shape index (κ3) is 2.16. The van der Waals surface area contributed by atoms with Crippen LogP contribution in [0.1, 0.15) is 37.5 Å². The molecule has 0 saturated carbocycles. The van der Waals surface area contributed by atoms with Crippen LogP contribution < -0.4 is 0 Å². The van der Waals surface area contributed by atoms with E-state index < -0.39 is 0 Å². The van der Waals surface area contributed by atoms with E-state index in [1.165, 1.54) is 24.0 Å². The summed E-state index contributed by atoms with van der Waals surface area (Å²) in [5.41, 5.74) is 2.77. The van der Waals surface area contributed by atoms with Crippen molar-refractivity contribution in [1.82, 2.24) is 0 Å². The van der Waals surface area contributed by atoms with Crippen molar-refractivity contribution in [1.29, 1.82) is 0 Å². The van der Waals surface area contributed by atoms with E-state index in [0.717, 1.165) is 12.5 Å². The van der Waals surface area contributed by atoms with Gasteiger partial charge in [0.2, 0.25) is 0 Å². The van der Waals surface area contributed by atoms with E-state index in [-0.39, 0.29) is 0 Å². The normalized spacial score (nSPS) is 20.9. The Bertz CT molecular complexity index is 283. The maximum absolute atomic E-state index is 5.44. The molecule has 1 atom stereocenters. The molecular weight excluding hydrogens is 172 g/mol. The molecule has 0 spiro atoms. The van der Waals surface area contributed by atoms with Crippen LogP contribution in [-0.4, -0.2) is 6.61 Å². The van der Waals surface area contributed by atoms with E-state index in [0.29, 0.717) is 6.10 Å². The van der Waals surface area contributed by atoms with Crippen molar-refractivity contribution in [2.75, 3.05) is 6.61 Å². The zero-order valence-corrected chi connectivity index (χ0v) is 8.99. The van der Waals surface area contributed by atoms with Crippen LogP contribution in [0.4, 0.5) is 0 Å². The topological polar surface area (TPSA) is 9.23 Å². The van der Waals surface area contributed by atoms with Crippen molar-refractivity contribution in [3.8, 4) is 0 Å². The average molecular weight is 190 g/mol. The molecule has 1 aliphatic heterocycles. The summed E-state index contributed by atoms with van der Waals surface area (Å²) in [7, 11) is 0. The number of hydrogen-bond donors (Lipinski definition) is 0. The predicted octanol–water partition coefficient (Wildman–Crippen LogP) is 3.35. The molecule has 2 rings (SSSR count). The largest absolute Gasteiger partial charge is 0.373 e. The third-order valence-corrected chi connectivity index (χ3v) is 2.69. The Morgan fingerprint density at radius 2 is 1.93 bits per heavy atom.